The van der Waals surface area contributed by atoms with E-state index in [1.807, 2.05) is 20.0 Å². The van der Waals surface area contributed by atoms with Crippen LogP contribution in [0.25, 0.3) is 0 Å². The molecule has 0 spiro atoms. The summed E-state index contributed by atoms with van der Waals surface area (Å²) in [4.78, 5) is 0. The summed E-state index contributed by atoms with van der Waals surface area (Å²) in [6.07, 6.45) is 4.27. The van der Waals surface area contributed by atoms with E-state index in [2.05, 4.69) is 6.92 Å². The average Bonchev–Trinajstić information content (AvgIpc) is 1.82. The quantitative estimate of drug-likeness (QED) is 0.461. The van der Waals surface area contributed by atoms with Gasteiger partial charge in [0.1, 0.15) is 0 Å². The second-order valence-corrected chi connectivity index (χ2v) is 2.14. The Balaban J connectivity index is 3.70. The molecule has 2 nitrogen and oxygen atoms in total. The van der Waals surface area contributed by atoms with Gasteiger partial charge in [-0.1, -0.05) is 19.4 Å². The molecule has 0 unspecified atom stereocenters. The molecule has 0 aromatic carbocycles. The molecule has 2 heteroatoms. The summed E-state index contributed by atoms with van der Waals surface area (Å²) in [6.45, 7) is 4.15. The van der Waals surface area contributed by atoms with E-state index in [0.29, 0.717) is 0 Å². The van der Waals surface area contributed by atoms with Crippen LogP contribution in [-0.4, -0.2) is 12.1 Å². The van der Waals surface area contributed by atoms with Crippen LogP contribution in [0.2, 0.25) is 0 Å². The highest BCUT2D eigenvalue weighted by Gasteiger charge is 1.94. The number of nitrogens with zero attached hydrogens (tertiary/aromatic N) is 1. The molecule has 0 aromatic heterocycles. The van der Waals surface area contributed by atoms with Crippen molar-refractivity contribution in [1.29, 1.82) is 0 Å². The van der Waals surface area contributed by atoms with E-state index in [4.69, 9.17) is 5.84 Å². The number of hydrazine groups is 1. The highest BCUT2D eigenvalue weighted by Crippen LogP contribution is 2.04. The maximum atomic E-state index is 5.50. The lowest BCUT2D eigenvalue weighted by Gasteiger charge is -2.14. The van der Waals surface area contributed by atoms with Crippen LogP contribution in [0.4, 0.5) is 0 Å². The van der Waals surface area contributed by atoms with Crippen LogP contribution in [0.15, 0.2) is 11.8 Å². The Morgan fingerprint density at radius 1 is 1.67 bits per heavy atom. The molecular formula is C7H16N2. The molecule has 0 saturated heterocycles. The lowest BCUT2D eigenvalue weighted by molar-refractivity contribution is 0.419. The number of hydrogen-bond donors (Lipinski definition) is 1. The molecule has 0 atom stereocenters. The number of hydrogen-bond acceptors (Lipinski definition) is 2. The Morgan fingerprint density at radius 2 is 2.22 bits per heavy atom. The largest absolute Gasteiger partial charge is 0.319 e. The van der Waals surface area contributed by atoms with Gasteiger partial charge in [0.05, 0.1) is 0 Å². The second kappa shape index (κ2) is 4.39. The normalized spacial score (nSPS) is 11.8. The van der Waals surface area contributed by atoms with Crippen LogP contribution in [0.3, 0.4) is 0 Å². The molecule has 0 aliphatic rings. The molecule has 0 heterocycles. The van der Waals surface area contributed by atoms with Gasteiger partial charge in [-0.25, -0.2) is 5.84 Å². The van der Waals surface area contributed by atoms with Crippen molar-refractivity contribution in [3.05, 3.63) is 11.8 Å². The molecule has 0 aliphatic carbocycles. The summed E-state index contributed by atoms with van der Waals surface area (Å²) in [6, 6.07) is 0. The zero-order chi connectivity index (χ0) is 7.28. The van der Waals surface area contributed by atoms with E-state index in [0.717, 1.165) is 12.8 Å². The predicted molar refractivity (Wildman–Crippen MR) is 40.6 cm³/mol. The van der Waals surface area contributed by atoms with Gasteiger partial charge in [-0.15, -0.1) is 0 Å². The van der Waals surface area contributed by atoms with Crippen LogP contribution in [0, 0.1) is 0 Å². The smallest absolute Gasteiger partial charge is 0.0245 e. The molecule has 9 heavy (non-hydrogen) atoms. The van der Waals surface area contributed by atoms with Gasteiger partial charge < -0.3 is 5.01 Å². The summed E-state index contributed by atoms with van der Waals surface area (Å²) < 4.78 is 0. The summed E-state index contributed by atoms with van der Waals surface area (Å²) in [5.41, 5.74) is 1.21. The van der Waals surface area contributed by atoms with E-state index in [9.17, 15) is 0 Å². The fourth-order valence-corrected chi connectivity index (χ4v) is 0.780. The van der Waals surface area contributed by atoms with E-state index in [-0.39, 0.29) is 0 Å². The fraction of sp³-hybridized carbons (Fsp3) is 0.714. The molecule has 54 valence electrons. The van der Waals surface area contributed by atoms with Crippen molar-refractivity contribution in [1.82, 2.24) is 5.01 Å². The summed E-state index contributed by atoms with van der Waals surface area (Å²) in [7, 11) is 1.87. The first-order valence-electron chi connectivity index (χ1n) is 3.36. The van der Waals surface area contributed by atoms with Crippen LogP contribution in [0.1, 0.15) is 26.7 Å². The zero-order valence-electron chi connectivity index (χ0n) is 6.52. The molecule has 0 aromatic rings. The number of allylic oxidation sites excluding steroid dienone is 2. The Kier molecular flexibility index (Phi) is 4.14. The molecule has 0 bridgehead atoms. The second-order valence-electron chi connectivity index (χ2n) is 2.14. The minimum absolute atomic E-state index is 1.07. The van der Waals surface area contributed by atoms with E-state index in [1.165, 1.54) is 5.70 Å². The maximum Gasteiger partial charge on any atom is 0.0245 e. The highest BCUT2D eigenvalue weighted by atomic mass is 15.4. The van der Waals surface area contributed by atoms with Gasteiger partial charge in [0.15, 0.2) is 0 Å². The Hall–Kier alpha value is -0.500. The van der Waals surface area contributed by atoms with Gasteiger partial charge >= 0.3 is 0 Å². The van der Waals surface area contributed by atoms with Crippen molar-refractivity contribution in [2.24, 2.45) is 5.84 Å². The van der Waals surface area contributed by atoms with E-state index < -0.39 is 0 Å². The van der Waals surface area contributed by atoms with Crippen molar-refractivity contribution in [3.8, 4) is 0 Å². The first-order chi connectivity index (χ1) is 4.22. The third-order valence-corrected chi connectivity index (χ3v) is 1.29. The van der Waals surface area contributed by atoms with Crippen molar-refractivity contribution < 1.29 is 0 Å². The third kappa shape index (κ3) is 3.14. The molecule has 0 radical (unpaired) electrons. The number of rotatable bonds is 3. The summed E-state index contributed by atoms with van der Waals surface area (Å²) in [5.74, 6) is 5.50. The molecule has 2 N–H and O–H groups in total. The van der Waals surface area contributed by atoms with Crippen molar-refractivity contribution >= 4 is 0 Å². The van der Waals surface area contributed by atoms with Crippen molar-refractivity contribution in [2.75, 3.05) is 7.05 Å². The fourth-order valence-electron chi connectivity index (χ4n) is 0.780. The van der Waals surface area contributed by atoms with Crippen LogP contribution in [-0.2, 0) is 0 Å². The van der Waals surface area contributed by atoms with Crippen LogP contribution < -0.4 is 5.84 Å². The van der Waals surface area contributed by atoms with Gasteiger partial charge in [-0.05, 0) is 13.3 Å². The first kappa shape index (κ1) is 8.50. The highest BCUT2D eigenvalue weighted by molar-refractivity contribution is 4.95. The third-order valence-electron chi connectivity index (χ3n) is 1.29. The summed E-state index contributed by atoms with van der Waals surface area (Å²) >= 11 is 0. The van der Waals surface area contributed by atoms with E-state index >= 15 is 0 Å². The number of nitrogens with two attached hydrogens (primary N) is 1. The average molecular weight is 128 g/mol. The van der Waals surface area contributed by atoms with Crippen LogP contribution in [0.5, 0.6) is 0 Å². The van der Waals surface area contributed by atoms with Crippen molar-refractivity contribution in [3.63, 3.8) is 0 Å². The Bertz CT molecular complexity index is 95.1. The SMILES string of the molecule is C/C=C(\CCC)N(C)N. The van der Waals surface area contributed by atoms with Gasteiger partial charge in [-0.2, -0.15) is 0 Å². The summed E-state index contributed by atoms with van der Waals surface area (Å²) in [5, 5.41) is 1.67. The maximum absolute atomic E-state index is 5.50. The van der Waals surface area contributed by atoms with Gasteiger partial charge in [0.25, 0.3) is 0 Å². The molecular weight excluding hydrogens is 112 g/mol. The first-order valence-corrected chi connectivity index (χ1v) is 3.36. The van der Waals surface area contributed by atoms with Gasteiger partial charge in [0.2, 0.25) is 0 Å². The van der Waals surface area contributed by atoms with E-state index in [1.54, 1.807) is 5.01 Å². The molecule has 0 rings (SSSR count). The lowest BCUT2D eigenvalue weighted by Crippen LogP contribution is -2.24. The zero-order valence-corrected chi connectivity index (χ0v) is 6.52. The Labute approximate surface area is 57.3 Å². The minimum Gasteiger partial charge on any atom is -0.319 e. The van der Waals surface area contributed by atoms with Gasteiger partial charge in [-0.3, -0.25) is 0 Å². The predicted octanol–water partition coefficient (Wildman–Crippen LogP) is 1.50. The van der Waals surface area contributed by atoms with Crippen LogP contribution >= 0.6 is 0 Å². The van der Waals surface area contributed by atoms with Gasteiger partial charge in [0, 0.05) is 12.7 Å². The topological polar surface area (TPSA) is 29.3 Å². The monoisotopic (exact) mass is 128 g/mol. The molecule has 0 amide bonds. The van der Waals surface area contributed by atoms with Crippen molar-refractivity contribution in [2.45, 2.75) is 26.7 Å². The molecule has 0 saturated carbocycles. The lowest BCUT2D eigenvalue weighted by atomic mass is 10.2. The minimum atomic E-state index is 1.07. The Morgan fingerprint density at radius 3 is 2.33 bits per heavy atom. The molecule has 0 fully saturated rings. The molecule has 0 aliphatic heterocycles. The standard InChI is InChI=1S/C7H16N2/c1-4-6-7(5-2)9(3)8/h5H,4,6,8H2,1-3H3/b7-5+.